The summed E-state index contributed by atoms with van der Waals surface area (Å²) in [4.78, 5) is 27.1. The van der Waals surface area contributed by atoms with Crippen LogP contribution in [0.3, 0.4) is 0 Å². The van der Waals surface area contributed by atoms with Crippen molar-refractivity contribution in [2.75, 3.05) is 40.3 Å². The molecule has 0 unspecified atom stereocenters. The number of aliphatic hydroxyl groups excluding tert-OH is 1. The lowest BCUT2D eigenvalue weighted by Crippen LogP contribution is -2.51. The average molecular weight is 285 g/mol. The maximum atomic E-state index is 12.0. The third-order valence-corrected chi connectivity index (χ3v) is 3.61. The van der Waals surface area contributed by atoms with Crippen LogP contribution in [0.1, 0.15) is 20.3 Å². The molecule has 1 saturated heterocycles. The summed E-state index contributed by atoms with van der Waals surface area (Å²) in [5, 5.41) is 12.7. The van der Waals surface area contributed by atoms with Crippen molar-refractivity contribution in [1.82, 2.24) is 15.1 Å². The predicted octanol–water partition coefficient (Wildman–Crippen LogP) is -0.470. The number of carbonyl (C=O) groups excluding carboxylic acids is 2. The number of hydrogen-bond acceptors (Lipinski definition) is 4. The molecule has 2 atom stereocenters. The van der Waals surface area contributed by atoms with Crippen molar-refractivity contribution in [1.29, 1.82) is 0 Å². The fraction of sp³-hybridized carbons (Fsp3) is 0.857. The molecule has 0 aliphatic carbocycles. The monoisotopic (exact) mass is 285 g/mol. The second-order valence-electron chi connectivity index (χ2n) is 6.09. The van der Waals surface area contributed by atoms with Gasteiger partial charge in [0.05, 0.1) is 12.6 Å². The van der Waals surface area contributed by atoms with E-state index in [-0.39, 0.29) is 30.2 Å². The van der Waals surface area contributed by atoms with Crippen molar-refractivity contribution in [3.8, 4) is 0 Å². The van der Waals surface area contributed by atoms with Gasteiger partial charge in [-0.25, -0.2) is 0 Å². The Bertz CT molecular complexity index is 345. The molecule has 6 nitrogen and oxygen atoms in total. The number of amides is 2. The first kappa shape index (κ1) is 16.9. The van der Waals surface area contributed by atoms with Gasteiger partial charge in [0.25, 0.3) is 0 Å². The van der Waals surface area contributed by atoms with Gasteiger partial charge in [-0.1, -0.05) is 13.8 Å². The van der Waals surface area contributed by atoms with Crippen LogP contribution in [0, 0.1) is 11.8 Å². The zero-order chi connectivity index (χ0) is 15.3. The first-order chi connectivity index (χ1) is 9.31. The Morgan fingerprint density at radius 3 is 2.55 bits per heavy atom. The summed E-state index contributed by atoms with van der Waals surface area (Å²) >= 11 is 0. The molecule has 1 aliphatic heterocycles. The van der Waals surface area contributed by atoms with Crippen LogP contribution in [0.25, 0.3) is 0 Å². The van der Waals surface area contributed by atoms with E-state index in [0.29, 0.717) is 13.1 Å². The molecule has 2 amide bonds. The van der Waals surface area contributed by atoms with Crippen molar-refractivity contribution < 1.29 is 14.7 Å². The Morgan fingerprint density at radius 2 is 2.05 bits per heavy atom. The molecule has 1 aliphatic rings. The average Bonchev–Trinajstić information content (AvgIpc) is 2.37. The number of β-amino-alcohol motifs (C(OH)–C–C–N with tert-alkyl or cyclic N) is 1. The summed E-state index contributed by atoms with van der Waals surface area (Å²) in [6, 6.07) is 0. The Balaban J connectivity index is 2.39. The number of rotatable bonds is 5. The number of carbonyl (C=O) groups is 2. The number of piperidine rings is 1. The summed E-state index contributed by atoms with van der Waals surface area (Å²) in [6.07, 6.45) is 0.305. The SMILES string of the molecule is CC(C)C(=O)NCC(=O)N1CC[C@@H](CN(C)C)[C@H](O)C1. The van der Waals surface area contributed by atoms with Gasteiger partial charge in [0, 0.05) is 31.5 Å². The second-order valence-corrected chi connectivity index (χ2v) is 6.09. The van der Waals surface area contributed by atoms with Gasteiger partial charge in [-0.3, -0.25) is 9.59 Å². The molecule has 2 N–H and O–H groups in total. The van der Waals surface area contributed by atoms with Crippen LogP contribution in [0.15, 0.2) is 0 Å². The Kier molecular flexibility index (Phi) is 6.42. The molecule has 1 rings (SSSR count). The first-order valence-electron chi connectivity index (χ1n) is 7.19. The Hall–Kier alpha value is -1.14. The minimum Gasteiger partial charge on any atom is -0.391 e. The van der Waals surface area contributed by atoms with Gasteiger partial charge < -0.3 is 20.2 Å². The zero-order valence-electron chi connectivity index (χ0n) is 12.9. The highest BCUT2D eigenvalue weighted by Gasteiger charge is 2.30. The fourth-order valence-corrected chi connectivity index (χ4v) is 2.37. The van der Waals surface area contributed by atoms with Gasteiger partial charge in [0.1, 0.15) is 0 Å². The molecule has 0 spiro atoms. The van der Waals surface area contributed by atoms with Gasteiger partial charge >= 0.3 is 0 Å². The van der Waals surface area contributed by atoms with Crippen LogP contribution in [-0.2, 0) is 9.59 Å². The van der Waals surface area contributed by atoms with Crippen molar-refractivity contribution in [3.63, 3.8) is 0 Å². The third-order valence-electron chi connectivity index (χ3n) is 3.61. The molecule has 0 aromatic rings. The number of nitrogens with zero attached hydrogens (tertiary/aromatic N) is 2. The summed E-state index contributed by atoms with van der Waals surface area (Å²) in [6.45, 7) is 5.42. The second kappa shape index (κ2) is 7.59. The molecular formula is C14H27N3O3. The normalized spacial score (nSPS) is 23.2. The van der Waals surface area contributed by atoms with Crippen LogP contribution in [-0.4, -0.2) is 73.1 Å². The lowest BCUT2D eigenvalue weighted by atomic mass is 9.93. The predicted molar refractivity (Wildman–Crippen MR) is 77.1 cm³/mol. The lowest BCUT2D eigenvalue weighted by Gasteiger charge is -2.37. The van der Waals surface area contributed by atoms with E-state index >= 15 is 0 Å². The van der Waals surface area contributed by atoms with Crippen LogP contribution in [0.5, 0.6) is 0 Å². The van der Waals surface area contributed by atoms with Gasteiger partial charge in [-0.05, 0) is 20.5 Å². The molecule has 116 valence electrons. The molecule has 0 aromatic heterocycles. The number of aliphatic hydroxyl groups is 1. The minimum absolute atomic E-state index is 0.0160. The van der Waals surface area contributed by atoms with Gasteiger partial charge in [-0.2, -0.15) is 0 Å². The van der Waals surface area contributed by atoms with E-state index in [4.69, 9.17) is 0 Å². The number of likely N-dealkylation sites (tertiary alicyclic amines) is 1. The third kappa shape index (κ3) is 5.09. The quantitative estimate of drug-likeness (QED) is 0.716. The van der Waals surface area contributed by atoms with Gasteiger partial charge in [-0.15, -0.1) is 0 Å². The van der Waals surface area contributed by atoms with Crippen LogP contribution in [0.4, 0.5) is 0 Å². The standard InChI is InChI=1S/C14H27N3O3/c1-10(2)14(20)15-7-13(19)17-6-5-11(8-16(3)4)12(18)9-17/h10-12,18H,5-9H2,1-4H3,(H,15,20)/t11-,12+/m0/s1. The van der Waals surface area contributed by atoms with Crippen molar-refractivity contribution in [2.24, 2.45) is 11.8 Å². The summed E-state index contributed by atoms with van der Waals surface area (Å²) in [5.74, 6) is -0.165. The maximum absolute atomic E-state index is 12.0. The molecule has 20 heavy (non-hydrogen) atoms. The van der Waals surface area contributed by atoms with E-state index in [0.717, 1.165) is 13.0 Å². The van der Waals surface area contributed by atoms with Gasteiger partial charge in [0.2, 0.25) is 11.8 Å². The largest absolute Gasteiger partial charge is 0.391 e. The number of nitrogens with one attached hydrogen (secondary N) is 1. The van der Waals surface area contributed by atoms with E-state index in [2.05, 4.69) is 5.32 Å². The molecule has 1 heterocycles. The highest BCUT2D eigenvalue weighted by Crippen LogP contribution is 2.18. The molecule has 6 heteroatoms. The highest BCUT2D eigenvalue weighted by molar-refractivity contribution is 5.85. The van der Waals surface area contributed by atoms with Crippen molar-refractivity contribution in [3.05, 3.63) is 0 Å². The highest BCUT2D eigenvalue weighted by atomic mass is 16.3. The smallest absolute Gasteiger partial charge is 0.242 e. The molecule has 0 saturated carbocycles. The summed E-state index contributed by atoms with van der Waals surface area (Å²) in [7, 11) is 3.96. The molecule has 1 fully saturated rings. The van der Waals surface area contributed by atoms with Crippen molar-refractivity contribution in [2.45, 2.75) is 26.4 Å². The molecule has 0 aromatic carbocycles. The minimum atomic E-state index is -0.490. The van der Waals surface area contributed by atoms with E-state index in [1.54, 1.807) is 18.7 Å². The van der Waals surface area contributed by atoms with Gasteiger partial charge in [0.15, 0.2) is 0 Å². The van der Waals surface area contributed by atoms with E-state index < -0.39 is 6.10 Å². The molecule has 0 bridgehead atoms. The van der Waals surface area contributed by atoms with Crippen LogP contribution >= 0.6 is 0 Å². The van der Waals surface area contributed by atoms with Crippen molar-refractivity contribution >= 4 is 11.8 Å². The molecule has 0 radical (unpaired) electrons. The summed E-state index contributed by atoms with van der Waals surface area (Å²) in [5.41, 5.74) is 0. The maximum Gasteiger partial charge on any atom is 0.242 e. The zero-order valence-corrected chi connectivity index (χ0v) is 12.9. The fourth-order valence-electron chi connectivity index (χ4n) is 2.37. The molecular weight excluding hydrogens is 258 g/mol. The summed E-state index contributed by atoms with van der Waals surface area (Å²) < 4.78 is 0. The number of hydrogen-bond donors (Lipinski definition) is 2. The first-order valence-corrected chi connectivity index (χ1v) is 7.19. The topological polar surface area (TPSA) is 72.9 Å². The van der Waals surface area contributed by atoms with Crippen LogP contribution < -0.4 is 5.32 Å². The lowest BCUT2D eigenvalue weighted by molar-refractivity contribution is -0.137. The van der Waals surface area contributed by atoms with E-state index in [1.807, 2.05) is 19.0 Å². The Morgan fingerprint density at radius 1 is 1.40 bits per heavy atom. The van der Waals surface area contributed by atoms with E-state index in [9.17, 15) is 14.7 Å². The van der Waals surface area contributed by atoms with E-state index in [1.165, 1.54) is 0 Å². The van der Waals surface area contributed by atoms with Crippen LogP contribution in [0.2, 0.25) is 0 Å². The Labute approximate surface area is 121 Å².